The zero-order valence-corrected chi connectivity index (χ0v) is 13.7. The fraction of sp³-hybridized carbons (Fsp3) is 0.158. The van der Waals surface area contributed by atoms with Crippen molar-refractivity contribution in [3.63, 3.8) is 0 Å². The molecule has 0 bridgehead atoms. The molecule has 0 atom stereocenters. The van der Waals surface area contributed by atoms with Crippen LogP contribution in [0.4, 0.5) is 0 Å². The van der Waals surface area contributed by atoms with Gasteiger partial charge in [0.25, 0.3) is 0 Å². The number of nitrogens with zero attached hydrogens (tertiary/aromatic N) is 2. The van der Waals surface area contributed by atoms with Crippen molar-refractivity contribution >= 4 is 23.0 Å². The van der Waals surface area contributed by atoms with Gasteiger partial charge in [0, 0.05) is 13.1 Å². The molecule has 1 N–H and O–H groups in total. The van der Waals surface area contributed by atoms with E-state index < -0.39 is 0 Å². The van der Waals surface area contributed by atoms with E-state index in [9.17, 15) is 4.79 Å². The number of aromatic nitrogens is 2. The standard InChI is InChI=1S/C19H17N3O3/c1-22(11-18-20-14-4-2-3-5-15(14)21-18)19(23)9-7-13-6-8-16-17(10-13)25-12-24-16/h2-10H,11-12H2,1H3,(H,20,21). The Morgan fingerprint density at radius 1 is 1.24 bits per heavy atom. The maximum Gasteiger partial charge on any atom is 0.246 e. The normalized spacial score (nSPS) is 12.8. The number of carbonyl (C=O) groups is 1. The van der Waals surface area contributed by atoms with Crippen molar-refractivity contribution in [1.29, 1.82) is 0 Å². The van der Waals surface area contributed by atoms with Gasteiger partial charge < -0.3 is 19.4 Å². The van der Waals surface area contributed by atoms with Crippen molar-refractivity contribution in [2.24, 2.45) is 0 Å². The number of imidazole rings is 1. The topological polar surface area (TPSA) is 67.5 Å². The lowest BCUT2D eigenvalue weighted by atomic mass is 10.2. The van der Waals surface area contributed by atoms with Gasteiger partial charge in [-0.25, -0.2) is 4.98 Å². The van der Waals surface area contributed by atoms with E-state index in [1.165, 1.54) is 0 Å². The van der Waals surface area contributed by atoms with Crippen molar-refractivity contribution in [3.8, 4) is 11.5 Å². The minimum Gasteiger partial charge on any atom is -0.454 e. The summed E-state index contributed by atoms with van der Waals surface area (Å²) in [6.45, 7) is 0.653. The number of hydrogen-bond donors (Lipinski definition) is 1. The molecule has 0 fully saturated rings. The number of amides is 1. The Morgan fingerprint density at radius 2 is 2.08 bits per heavy atom. The average Bonchev–Trinajstić information content (AvgIpc) is 3.24. The van der Waals surface area contributed by atoms with E-state index in [4.69, 9.17) is 9.47 Å². The van der Waals surface area contributed by atoms with E-state index >= 15 is 0 Å². The molecule has 1 aliphatic heterocycles. The van der Waals surface area contributed by atoms with Crippen LogP contribution in [0, 0.1) is 0 Å². The lowest BCUT2D eigenvalue weighted by Gasteiger charge is -2.13. The molecule has 0 saturated carbocycles. The second-order valence-electron chi connectivity index (χ2n) is 5.84. The minimum absolute atomic E-state index is 0.0990. The third-order valence-electron chi connectivity index (χ3n) is 4.02. The van der Waals surface area contributed by atoms with Crippen LogP contribution >= 0.6 is 0 Å². The highest BCUT2D eigenvalue weighted by atomic mass is 16.7. The summed E-state index contributed by atoms with van der Waals surface area (Å²) >= 11 is 0. The quantitative estimate of drug-likeness (QED) is 0.744. The van der Waals surface area contributed by atoms with Gasteiger partial charge in [0.15, 0.2) is 11.5 Å². The Kier molecular flexibility index (Phi) is 3.85. The van der Waals surface area contributed by atoms with E-state index in [1.54, 1.807) is 24.1 Å². The summed E-state index contributed by atoms with van der Waals surface area (Å²) in [6.07, 6.45) is 3.31. The molecule has 1 aromatic heterocycles. The Labute approximate surface area is 144 Å². The number of likely N-dealkylation sites (N-methyl/N-ethyl adjacent to an activating group) is 1. The summed E-state index contributed by atoms with van der Waals surface area (Å²) < 4.78 is 10.6. The zero-order chi connectivity index (χ0) is 17.2. The smallest absolute Gasteiger partial charge is 0.246 e. The minimum atomic E-state index is -0.0990. The number of rotatable bonds is 4. The van der Waals surface area contributed by atoms with Crippen LogP contribution < -0.4 is 9.47 Å². The molecule has 6 heteroatoms. The second kappa shape index (κ2) is 6.32. The lowest BCUT2D eigenvalue weighted by Crippen LogP contribution is -2.24. The Hall–Kier alpha value is -3.28. The van der Waals surface area contributed by atoms with Crippen LogP contribution in [-0.4, -0.2) is 34.6 Å². The van der Waals surface area contributed by atoms with Crippen LogP contribution in [0.5, 0.6) is 11.5 Å². The Bertz CT molecular complexity index is 928. The number of fused-ring (bicyclic) bond motifs is 2. The van der Waals surface area contributed by atoms with Gasteiger partial charge >= 0.3 is 0 Å². The lowest BCUT2D eigenvalue weighted by molar-refractivity contribution is -0.125. The zero-order valence-electron chi connectivity index (χ0n) is 13.7. The number of hydrogen-bond acceptors (Lipinski definition) is 4. The maximum absolute atomic E-state index is 12.3. The number of para-hydroxylation sites is 2. The summed E-state index contributed by atoms with van der Waals surface area (Å²) in [5.74, 6) is 2.09. The molecule has 2 aromatic carbocycles. The number of ether oxygens (including phenoxy) is 2. The van der Waals surface area contributed by atoms with Crippen molar-refractivity contribution in [2.45, 2.75) is 6.54 Å². The summed E-state index contributed by atoms with van der Waals surface area (Å²) in [4.78, 5) is 21.6. The van der Waals surface area contributed by atoms with E-state index in [1.807, 2.05) is 42.5 Å². The first kappa shape index (κ1) is 15.3. The third kappa shape index (κ3) is 3.19. The highest BCUT2D eigenvalue weighted by Gasteiger charge is 2.13. The molecule has 2 heterocycles. The molecule has 0 aliphatic carbocycles. The van der Waals surface area contributed by atoms with E-state index in [0.29, 0.717) is 12.3 Å². The van der Waals surface area contributed by atoms with Crippen LogP contribution in [-0.2, 0) is 11.3 Å². The Balaban J connectivity index is 1.43. The van der Waals surface area contributed by atoms with Crippen LogP contribution in [0.1, 0.15) is 11.4 Å². The number of benzene rings is 2. The van der Waals surface area contributed by atoms with Crippen LogP contribution in [0.15, 0.2) is 48.5 Å². The SMILES string of the molecule is CN(Cc1nc2ccccc2[nH]1)C(=O)C=Cc1ccc2c(c1)OCO2. The van der Waals surface area contributed by atoms with Gasteiger partial charge in [0.2, 0.25) is 12.7 Å². The van der Waals surface area contributed by atoms with E-state index in [2.05, 4.69) is 9.97 Å². The van der Waals surface area contributed by atoms with Gasteiger partial charge in [-0.15, -0.1) is 0 Å². The fourth-order valence-corrected chi connectivity index (χ4v) is 2.69. The number of carbonyl (C=O) groups excluding carboxylic acids is 1. The molecule has 0 unspecified atom stereocenters. The molecular formula is C19H17N3O3. The van der Waals surface area contributed by atoms with Gasteiger partial charge in [-0.1, -0.05) is 18.2 Å². The largest absolute Gasteiger partial charge is 0.454 e. The van der Waals surface area contributed by atoms with Crippen molar-refractivity contribution in [1.82, 2.24) is 14.9 Å². The third-order valence-corrected chi connectivity index (χ3v) is 4.02. The summed E-state index contributed by atoms with van der Waals surface area (Å²) in [6, 6.07) is 13.4. The van der Waals surface area contributed by atoms with E-state index in [0.717, 1.165) is 28.2 Å². The summed E-state index contributed by atoms with van der Waals surface area (Å²) in [5, 5.41) is 0. The van der Waals surface area contributed by atoms with Gasteiger partial charge in [0.05, 0.1) is 17.6 Å². The molecule has 0 saturated heterocycles. The fourth-order valence-electron chi connectivity index (χ4n) is 2.69. The molecule has 25 heavy (non-hydrogen) atoms. The summed E-state index contributed by atoms with van der Waals surface area (Å²) in [5.41, 5.74) is 2.75. The molecule has 6 nitrogen and oxygen atoms in total. The molecule has 0 spiro atoms. The highest BCUT2D eigenvalue weighted by Crippen LogP contribution is 2.32. The summed E-state index contributed by atoms with van der Waals surface area (Å²) in [7, 11) is 1.75. The number of aromatic amines is 1. The van der Waals surface area contributed by atoms with Crippen molar-refractivity contribution < 1.29 is 14.3 Å². The Morgan fingerprint density at radius 3 is 2.96 bits per heavy atom. The first-order valence-electron chi connectivity index (χ1n) is 7.95. The molecule has 126 valence electrons. The van der Waals surface area contributed by atoms with Gasteiger partial charge in [-0.05, 0) is 35.9 Å². The van der Waals surface area contributed by atoms with Crippen LogP contribution in [0.25, 0.3) is 17.1 Å². The van der Waals surface area contributed by atoms with Gasteiger partial charge in [-0.2, -0.15) is 0 Å². The first-order chi connectivity index (χ1) is 12.2. The van der Waals surface area contributed by atoms with Crippen LogP contribution in [0.2, 0.25) is 0 Å². The van der Waals surface area contributed by atoms with Crippen molar-refractivity contribution in [2.75, 3.05) is 13.8 Å². The monoisotopic (exact) mass is 335 g/mol. The van der Waals surface area contributed by atoms with Gasteiger partial charge in [-0.3, -0.25) is 4.79 Å². The molecule has 3 aromatic rings. The van der Waals surface area contributed by atoms with Crippen molar-refractivity contribution in [3.05, 3.63) is 59.9 Å². The maximum atomic E-state index is 12.3. The number of nitrogens with one attached hydrogen (secondary N) is 1. The molecular weight excluding hydrogens is 318 g/mol. The molecule has 1 aliphatic rings. The highest BCUT2D eigenvalue weighted by molar-refractivity contribution is 5.91. The van der Waals surface area contributed by atoms with E-state index in [-0.39, 0.29) is 12.7 Å². The molecule has 4 rings (SSSR count). The number of H-pyrrole nitrogens is 1. The predicted molar refractivity (Wildman–Crippen MR) is 94.2 cm³/mol. The molecule has 1 amide bonds. The van der Waals surface area contributed by atoms with Crippen LogP contribution in [0.3, 0.4) is 0 Å². The van der Waals surface area contributed by atoms with Gasteiger partial charge in [0.1, 0.15) is 5.82 Å². The second-order valence-corrected chi connectivity index (χ2v) is 5.84. The predicted octanol–water partition coefficient (Wildman–Crippen LogP) is 2.96. The average molecular weight is 335 g/mol. The molecule has 0 radical (unpaired) electrons. The first-order valence-corrected chi connectivity index (χ1v) is 7.95.